The number of carbonyl (C=O) groups excluding carboxylic acids is 1. The summed E-state index contributed by atoms with van der Waals surface area (Å²) in [5.41, 5.74) is 3.64. The third-order valence-electron chi connectivity index (χ3n) is 5.56. The number of hydrogen-bond acceptors (Lipinski definition) is 4. The zero-order valence-corrected chi connectivity index (χ0v) is 15.9. The van der Waals surface area contributed by atoms with Crippen molar-refractivity contribution in [3.63, 3.8) is 0 Å². The summed E-state index contributed by atoms with van der Waals surface area (Å²) >= 11 is 0. The minimum absolute atomic E-state index is 0.0187. The van der Waals surface area contributed by atoms with E-state index < -0.39 is 0 Å². The first-order valence-corrected chi connectivity index (χ1v) is 9.63. The summed E-state index contributed by atoms with van der Waals surface area (Å²) in [4.78, 5) is 20.8. The van der Waals surface area contributed by atoms with Crippen molar-refractivity contribution in [3.05, 3.63) is 59.5 Å². The molecule has 1 saturated heterocycles. The second-order valence-electron chi connectivity index (χ2n) is 7.43. The van der Waals surface area contributed by atoms with Gasteiger partial charge in [0.25, 0.3) is 5.91 Å². The van der Waals surface area contributed by atoms with E-state index >= 15 is 0 Å². The molecule has 3 aromatic rings. The van der Waals surface area contributed by atoms with Gasteiger partial charge in [0, 0.05) is 17.5 Å². The summed E-state index contributed by atoms with van der Waals surface area (Å²) in [7, 11) is 0. The molecule has 28 heavy (non-hydrogen) atoms. The number of quaternary nitrogens is 1. The molecule has 1 fully saturated rings. The Balaban J connectivity index is 1.22. The highest BCUT2D eigenvalue weighted by Crippen LogP contribution is 2.32. The standard InChI is InChI=1S/C21H22N4O3/c1-15-3-2-4-20-22-17(13-25(15)20)21(26)24-9-7-23(8-10-24)12-16-5-6-18-19(11-16)28-14-27-18/h2-6,11,13H,7-10,12,14H2,1H3/p+1. The molecule has 5 rings (SSSR count). The van der Waals surface area contributed by atoms with Crippen LogP contribution in [0.1, 0.15) is 21.7 Å². The first-order valence-electron chi connectivity index (χ1n) is 9.63. The number of ether oxygens (including phenoxy) is 2. The van der Waals surface area contributed by atoms with E-state index in [1.165, 1.54) is 10.5 Å². The van der Waals surface area contributed by atoms with Gasteiger partial charge in [-0.1, -0.05) is 6.07 Å². The third kappa shape index (κ3) is 3.07. The Kier molecular flexibility index (Phi) is 4.16. The fraction of sp³-hybridized carbons (Fsp3) is 0.333. The minimum atomic E-state index is 0.0187. The number of aryl methyl sites for hydroxylation is 1. The number of imidazole rings is 1. The molecule has 1 aromatic carbocycles. The molecule has 7 heteroatoms. The average molecular weight is 379 g/mol. The Morgan fingerprint density at radius 2 is 1.96 bits per heavy atom. The van der Waals surface area contributed by atoms with E-state index in [-0.39, 0.29) is 5.91 Å². The van der Waals surface area contributed by atoms with Crippen molar-refractivity contribution >= 4 is 11.6 Å². The Hall–Kier alpha value is -3.06. The second kappa shape index (κ2) is 6.83. The van der Waals surface area contributed by atoms with Crippen LogP contribution in [-0.2, 0) is 6.54 Å². The van der Waals surface area contributed by atoms with E-state index in [9.17, 15) is 4.79 Å². The molecule has 0 bridgehead atoms. The third-order valence-corrected chi connectivity index (χ3v) is 5.56. The van der Waals surface area contributed by atoms with Gasteiger partial charge in [0.2, 0.25) is 6.79 Å². The number of benzene rings is 1. The monoisotopic (exact) mass is 379 g/mol. The Morgan fingerprint density at radius 3 is 2.79 bits per heavy atom. The van der Waals surface area contributed by atoms with Crippen LogP contribution in [0.25, 0.3) is 5.65 Å². The number of carbonyl (C=O) groups is 1. The molecule has 4 heterocycles. The lowest BCUT2D eigenvalue weighted by atomic mass is 10.1. The summed E-state index contributed by atoms with van der Waals surface area (Å²) in [5.74, 6) is 1.66. The number of rotatable bonds is 3. The topological polar surface area (TPSA) is 60.5 Å². The van der Waals surface area contributed by atoms with E-state index in [0.29, 0.717) is 12.5 Å². The van der Waals surface area contributed by atoms with Gasteiger partial charge in [-0.15, -0.1) is 0 Å². The quantitative estimate of drug-likeness (QED) is 0.735. The molecular weight excluding hydrogens is 356 g/mol. The number of fused-ring (bicyclic) bond motifs is 2. The lowest BCUT2D eigenvalue weighted by molar-refractivity contribution is -0.917. The summed E-state index contributed by atoms with van der Waals surface area (Å²) in [5, 5.41) is 0. The number of nitrogens with zero attached hydrogens (tertiary/aromatic N) is 3. The highest BCUT2D eigenvalue weighted by Gasteiger charge is 2.26. The van der Waals surface area contributed by atoms with Crippen LogP contribution < -0.4 is 14.4 Å². The van der Waals surface area contributed by atoms with Crippen LogP contribution in [0.5, 0.6) is 11.5 Å². The highest BCUT2D eigenvalue weighted by atomic mass is 16.7. The van der Waals surface area contributed by atoms with E-state index in [2.05, 4.69) is 17.1 Å². The zero-order chi connectivity index (χ0) is 19.1. The minimum Gasteiger partial charge on any atom is -0.454 e. The van der Waals surface area contributed by atoms with E-state index in [4.69, 9.17) is 9.47 Å². The molecular formula is C21H23N4O3+. The van der Waals surface area contributed by atoms with Gasteiger partial charge in [0.05, 0.1) is 26.2 Å². The summed E-state index contributed by atoms with van der Waals surface area (Å²) in [6.07, 6.45) is 1.85. The van der Waals surface area contributed by atoms with Crippen LogP contribution in [0.15, 0.2) is 42.6 Å². The molecule has 0 aliphatic carbocycles. The zero-order valence-electron chi connectivity index (χ0n) is 15.9. The number of amides is 1. The van der Waals surface area contributed by atoms with E-state index in [0.717, 1.165) is 55.6 Å². The van der Waals surface area contributed by atoms with Crippen molar-refractivity contribution < 1.29 is 19.2 Å². The first kappa shape index (κ1) is 17.1. The highest BCUT2D eigenvalue weighted by molar-refractivity contribution is 5.93. The van der Waals surface area contributed by atoms with E-state index in [1.807, 2.05) is 46.7 Å². The molecule has 2 aliphatic rings. The SMILES string of the molecule is Cc1cccc2nc(C(=O)N3CC[NH+](Cc4ccc5c(c4)OCO5)CC3)cn12. The molecule has 0 saturated carbocycles. The Bertz CT molecular complexity index is 1040. The number of piperazine rings is 1. The molecule has 0 unspecified atom stereocenters. The van der Waals surface area contributed by atoms with Crippen molar-refractivity contribution in [1.82, 2.24) is 14.3 Å². The van der Waals surface area contributed by atoms with Gasteiger partial charge >= 0.3 is 0 Å². The van der Waals surface area contributed by atoms with Gasteiger partial charge in [-0.25, -0.2) is 4.98 Å². The number of pyridine rings is 1. The van der Waals surface area contributed by atoms with Crippen molar-refractivity contribution in [1.29, 1.82) is 0 Å². The van der Waals surface area contributed by atoms with Crippen molar-refractivity contribution in [2.75, 3.05) is 33.0 Å². The molecule has 0 atom stereocenters. The predicted molar refractivity (Wildman–Crippen MR) is 103 cm³/mol. The maximum Gasteiger partial charge on any atom is 0.274 e. The largest absolute Gasteiger partial charge is 0.454 e. The van der Waals surface area contributed by atoms with Crippen LogP contribution in [0.4, 0.5) is 0 Å². The van der Waals surface area contributed by atoms with Crippen molar-refractivity contribution in [2.45, 2.75) is 13.5 Å². The van der Waals surface area contributed by atoms with Gasteiger partial charge in [-0.05, 0) is 37.3 Å². The number of aromatic nitrogens is 2. The first-order chi connectivity index (χ1) is 13.7. The Morgan fingerprint density at radius 1 is 1.14 bits per heavy atom. The molecule has 2 aromatic heterocycles. The molecule has 144 valence electrons. The lowest BCUT2D eigenvalue weighted by Crippen LogP contribution is -3.13. The van der Waals surface area contributed by atoms with Crippen LogP contribution in [0.2, 0.25) is 0 Å². The molecule has 1 amide bonds. The molecule has 7 nitrogen and oxygen atoms in total. The lowest BCUT2D eigenvalue weighted by Gasteiger charge is -2.31. The maximum atomic E-state index is 12.9. The molecule has 0 radical (unpaired) electrons. The van der Waals surface area contributed by atoms with Crippen LogP contribution in [0, 0.1) is 6.92 Å². The normalized spacial score (nSPS) is 16.7. The molecule has 0 spiro atoms. The van der Waals surface area contributed by atoms with Gasteiger partial charge in [-0.2, -0.15) is 0 Å². The van der Waals surface area contributed by atoms with Crippen LogP contribution in [0.3, 0.4) is 0 Å². The molecule has 1 N–H and O–H groups in total. The van der Waals surface area contributed by atoms with Crippen molar-refractivity contribution in [3.8, 4) is 11.5 Å². The summed E-state index contributed by atoms with van der Waals surface area (Å²) < 4.78 is 12.8. The number of hydrogen-bond donors (Lipinski definition) is 1. The smallest absolute Gasteiger partial charge is 0.274 e. The predicted octanol–water partition coefficient (Wildman–Crippen LogP) is 0.912. The fourth-order valence-corrected chi connectivity index (χ4v) is 3.96. The van der Waals surface area contributed by atoms with Crippen LogP contribution >= 0.6 is 0 Å². The molecule has 2 aliphatic heterocycles. The fourth-order valence-electron chi connectivity index (χ4n) is 3.96. The van der Waals surface area contributed by atoms with Gasteiger partial charge in [0.15, 0.2) is 11.5 Å². The Labute approximate surface area is 163 Å². The summed E-state index contributed by atoms with van der Waals surface area (Å²) in [6, 6.07) is 12.0. The number of nitrogens with one attached hydrogen (secondary N) is 1. The van der Waals surface area contributed by atoms with Gasteiger partial charge < -0.3 is 23.7 Å². The average Bonchev–Trinajstić information content (AvgIpc) is 3.35. The van der Waals surface area contributed by atoms with Crippen molar-refractivity contribution in [2.24, 2.45) is 0 Å². The maximum absolute atomic E-state index is 12.9. The van der Waals surface area contributed by atoms with E-state index in [1.54, 1.807) is 0 Å². The summed E-state index contributed by atoms with van der Waals surface area (Å²) in [6.45, 7) is 6.57. The second-order valence-corrected chi connectivity index (χ2v) is 7.43. The van der Waals surface area contributed by atoms with Gasteiger partial charge in [0.1, 0.15) is 17.9 Å². The van der Waals surface area contributed by atoms with Crippen LogP contribution in [-0.4, -0.2) is 53.2 Å². The van der Waals surface area contributed by atoms with Gasteiger partial charge in [-0.3, -0.25) is 4.79 Å².